The van der Waals surface area contributed by atoms with E-state index in [9.17, 15) is 4.79 Å². The van der Waals surface area contributed by atoms with Gasteiger partial charge in [-0.1, -0.05) is 20.4 Å². The molecule has 2 nitrogen and oxygen atoms in total. The number of esters is 1. The minimum atomic E-state index is -0.215. The fourth-order valence-corrected chi connectivity index (χ4v) is 3.25. The molecule has 5 atom stereocenters. The van der Waals surface area contributed by atoms with Crippen LogP contribution >= 0.6 is 0 Å². The lowest BCUT2D eigenvalue weighted by Gasteiger charge is -2.31. The number of hydrogen-bond donors (Lipinski definition) is 0. The molecule has 2 heteroatoms. The highest BCUT2D eigenvalue weighted by Crippen LogP contribution is 2.52. The Kier molecular flexibility index (Phi) is 2.61. The Hall–Kier alpha value is -0.790. The standard InChI is InChI=1S/C13H20O2/c1-7(2)13(14)15-12-6-10-5-11(12)9(4)8(10)3/h8-12H,1,5-6H2,2-4H3. The van der Waals surface area contributed by atoms with Crippen LogP contribution in [-0.2, 0) is 9.53 Å². The lowest BCUT2D eigenvalue weighted by atomic mass is 9.80. The molecule has 0 aliphatic heterocycles. The zero-order valence-electron chi connectivity index (χ0n) is 9.82. The Bertz CT molecular complexity index is 293. The number of ether oxygens (including phenoxy) is 1. The van der Waals surface area contributed by atoms with E-state index in [0.717, 1.165) is 18.3 Å². The van der Waals surface area contributed by atoms with Gasteiger partial charge in [0.15, 0.2) is 0 Å². The van der Waals surface area contributed by atoms with E-state index in [4.69, 9.17) is 4.74 Å². The van der Waals surface area contributed by atoms with E-state index < -0.39 is 0 Å². The van der Waals surface area contributed by atoms with Crippen molar-refractivity contribution in [3.05, 3.63) is 12.2 Å². The molecule has 2 aliphatic rings. The molecule has 84 valence electrons. The van der Waals surface area contributed by atoms with Crippen LogP contribution in [0.25, 0.3) is 0 Å². The van der Waals surface area contributed by atoms with Crippen molar-refractivity contribution < 1.29 is 9.53 Å². The topological polar surface area (TPSA) is 26.3 Å². The highest BCUT2D eigenvalue weighted by atomic mass is 16.5. The summed E-state index contributed by atoms with van der Waals surface area (Å²) in [6.45, 7) is 9.94. The van der Waals surface area contributed by atoms with Gasteiger partial charge in [0.2, 0.25) is 0 Å². The van der Waals surface area contributed by atoms with Crippen LogP contribution in [0.5, 0.6) is 0 Å². The van der Waals surface area contributed by atoms with E-state index in [2.05, 4.69) is 20.4 Å². The molecule has 2 aliphatic carbocycles. The van der Waals surface area contributed by atoms with Crippen molar-refractivity contribution in [1.29, 1.82) is 0 Å². The van der Waals surface area contributed by atoms with Gasteiger partial charge in [-0.15, -0.1) is 0 Å². The van der Waals surface area contributed by atoms with Gasteiger partial charge in [-0.3, -0.25) is 0 Å². The second kappa shape index (κ2) is 3.66. The van der Waals surface area contributed by atoms with Crippen molar-refractivity contribution in [2.24, 2.45) is 23.7 Å². The summed E-state index contributed by atoms with van der Waals surface area (Å²) in [5, 5.41) is 0. The molecule has 0 amide bonds. The largest absolute Gasteiger partial charge is 0.459 e. The number of carbonyl (C=O) groups is 1. The molecule has 0 radical (unpaired) electrons. The van der Waals surface area contributed by atoms with Crippen LogP contribution in [0.1, 0.15) is 33.6 Å². The molecule has 0 N–H and O–H groups in total. The summed E-state index contributed by atoms with van der Waals surface area (Å²) in [5.41, 5.74) is 0.512. The van der Waals surface area contributed by atoms with E-state index in [0.29, 0.717) is 17.4 Å². The summed E-state index contributed by atoms with van der Waals surface area (Å²) in [6, 6.07) is 0. The SMILES string of the molecule is C=C(C)C(=O)OC1CC2CC1C(C)C2C. The van der Waals surface area contributed by atoms with Gasteiger partial charge < -0.3 is 4.74 Å². The minimum Gasteiger partial charge on any atom is -0.459 e. The van der Waals surface area contributed by atoms with Crippen molar-refractivity contribution >= 4 is 5.97 Å². The average molecular weight is 208 g/mol. The van der Waals surface area contributed by atoms with Crippen molar-refractivity contribution in [2.45, 2.75) is 39.7 Å². The first-order valence-corrected chi connectivity index (χ1v) is 5.87. The fourth-order valence-electron chi connectivity index (χ4n) is 3.25. The average Bonchev–Trinajstić information content (AvgIpc) is 2.68. The predicted molar refractivity (Wildman–Crippen MR) is 59.2 cm³/mol. The number of rotatable bonds is 2. The molecule has 2 saturated carbocycles. The number of carbonyl (C=O) groups excluding carboxylic acids is 1. The first-order chi connectivity index (χ1) is 7.00. The van der Waals surface area contributed by atoms with Gasteiger partial charge in [0.1, 0.15) is 6.10 Å². The van der Waals surface area contributed by atoms with Gasteiger partial charge in [-0.05, 0) is 43.4 Å². The Morgan fingerprint density at radius 2 is 1.93 bits per heavy atom. The molecule has 2 bridgehead atoms. The smallest absolute Gasteiger partial charge is 0.333 e. The minimum absolute atomic E-state index is 0.158. The molecule has 2 fully saturated rings. The molecule has 0 saturated heterocycles. The molecule has 2 rings (SSSR count). The van der Waals surface area contributed by atoms with E-state index in [1.807, 2.05) is 0 Å². The van der Waals surface area contributed by atoms with Gasteiger partial charge in [-0.25, -0.2) is 4.79 Å². The third kappa shape index (κ3) is 1.70. The molecular formula is C13H20O2. The maximum absolute atomic E-state index is 11.4. The zero-order valence-corrected chi connectivity index (χ0v) is 9.82. The highest BCUT2D eigenvalue weighted by molar-refractivity contribution is 5.87. The second-order valence-corrected chi connectivity index (χ2v) is 5.34. The summed E-state index contributed by atoms with van der Waals surface area (Å²) >= 11 is 0. The summed E-state index contributed by atoms with van der Waals surface area (Å²) in [6.07, 6.45) is 2.47. The van der Waals surface area contributed by atoms with Crippen LogP contribution in [0.2, 0.25) is 0 Å². The van der Waals surface area contributed by atoms with Crippen molar-refractivity contribution in [1.82, 2.24) is 0 Å². The third-order valence-electron chi connectivity index (χ3n) is 4.44. The van der Waals surface area contributed by atoms with Crippen molar-refractivity contribution in [2.75, 3.05) is 0 Å². The van der Waals surface area contributed by atoms with Gasteiger partial charge in [0.25, 0.3) is 0 Å². The van der Waals surface area contributed by atoms with Crippen molar-refractivity contribution in [3.63, 3.8) is 0 Å². The number of fused-ring (bicyclic) bond motifs is 2. The Balaban J connectivity index is 1.98. The summed E-state index contributed by atoms with van der Waals surface area (Å²) in [4.78, 5) is 11.4. The summed E-state index contributed by atoms with van der Waals surface area (Å²) in [7, 11) is 0. The highest BCUT2D eigenvalue weighted by Gasteiger charge is 2.50. The summed E-state index contributed by atoms with van der Waals surface area (Å²) < 4.78 is 5.49. The lowest BCUT2D eigenvalue weighted by molar-refractivity contribution is -0.148. The molecule has 0 aromatic rings. The number of hydrogen-bond acceptors (Lipinski definition) is 2. The van der Waals surface area contributed by atoms with Crippen LogP contribution in [0.15, 0.2) is 12.2 Å². The van der Waals surface area contributed by atoms with Crippen LogP contribution in [0, 0.1) is 23.7 Å². The molecule has 0 heterocycles. The molecule has 15 heavy (non-hydrogen) atoms. The Morgan fingerprint density at radius 1 is 1.27 bits per heavy atom. The first-order valence-electron chi connectivity index (χ1n) is 5.87. The van der Waals surface area contributed by atoms with Crippen LogP contribution < -0.4 is 0 Å². The van der Waals surface area contributed by atoms with Gasteiger partial charge in [0.05, 0.1) is 0 Å². The quantitative estimate of drug-likeness (QED) is 0.515. The van der Waals surface area contributed by atoms with Gasteiger partial charge in [-0.2, -0.15) is 0 Å². The normalized spacial score (nSPS) is 43.0. The van der Waals surface area contributed by atoms with Crippen LogP contribution in [0.3, 0.4) is 0 Å². The fraction of sp³-hybridized carbons (Fsp3) is 0.769. The van der Waals surface area contributed by atoms with E-state index in [1.165, 1.54) is 6.42 Å². The second-order valence-electron chi connectivity index (χ2n) is 5.34. The van der Waals surface area contributed by atoms with Gasteiger partial charge >= 0.3 is 5.97 Å². The summed E-state index contributed by atoms with van der Waals surface area (Å²) in [5.74, 6) is 2.65. The van der Waals surface area contributed by atoms with Crippen LogP contribution in [-0.4, -0.2) is 12.1 Å². The lowest BCUT2D eigenvalue weighted by Crippen LogP contribution is -2.32. The third-order valence-corrected chi connectivity index (χ3v) is 4.44. The maximum Gasteiger partial charge on any atom is 0.333 e. The van der Waals surface area contributed by atoms with E-state index >= 15 is 0 Å². The van der Waals surface area contributed by atoms with Crippen molar-refractivity contribution in [3.8, 4) is 0 Å². The van der Waals surface area contributed by atoms with Gasteiger partial charge in [0, 0.05) is 5.57 Å². The molecular weight excluding hydrogens is 188 g/mol. The Labute approximate surface area is 91.7 Å². The van der Waals surface area contributed by atoms with E-state index in [1.54, 1.807) is 6.92 Å². The monoisotopic (exact) mass is 208 g/mol. The molecule has 0 spiro atoms. The molecule has 0 aromatic carbocycles. The molecule has 0 aromatic heterocycles. The zero-order chi connectivity index (χ0) is 11.2. The maximum atomic E-state index is 11.4. The predicted octanol–water partition coefficient (Wildman–Crippen LogP) is 2.79. The Morgan fingerprint density at radius 3 is 2.40 bits per heavy atom. The van der Waals surface area contributed by atoms with Crippen LogP contribution in [0.4, 0.5) is 0 Å². The van der Waals surface area contributed by atoms with E-state index in [-0.39, 0.29) is 12.1 Å². The first kappa shape index (κ1) is 10.7. The molecule has 5 unspecified atom stereocenters.